The van der Waals surface area contributed by atoms with E-state index in [9.17, 15) is 9.90 Å². The van der Waals surface area contributed by atoms with Gasteiger partial charge in [0.15, 0.2) is 17.1 Å². The van der Waals surface area contributed by atoms with Crippen LogP contribution in [0.5, 0.6) is 0 Å². The molecular formula is C18H20N4O3. The fourth-order valence-corrected chi connectivity index (χ4v) is 2.16. The third-order valence-electron chi connectivity index (χ3n) is 3.78. The van der Waals surface area contributed by atoms with Crippen LogP contribution >= 0.6 is 0 Å². The Labute approximate surface area is 146 Å². The van der Waals surface area contributed by atoms with Gasteiger partial charge in [0.05, 0.1) is 11.9 Å². The van der Waals surface area contributed by atoms with Gasteiger partial charge in [0.1, 0.15) is 6.61 Å². The fourth-order valence-electron chi connectivity index (χ4n) is 2.16. The summed E-state index contributed by atoms with van der Waals surface area (Å²) in [6.45, 7) is 3.48. The third kappa shape index (κ3) is 3.94. The van der Waals surface area contributed by atoms with Crippen LogP contribution in [0.2, 0.25) is 0 Å². The van der Waals surface area contributed by atoms with E-state index in [-0.39, 0.29) is 12.4 Å². The number of aromatic nitrogens is 2. The maximum Gasteiger partial charge on any atom is 0.253 e. The molecule has 1 aromatic carbocycles. The van der Waals surface area contributed by atoms with Crippen molar-refractivity contribution in [3.8, 4) is 23.1 Å². The first-order chi connectivity index (χ1) is 11.8. The molecule has 130 valence electrons. The number of rotatable bonds is 4. The average Bonchev–Trinajstić information content (AvgIpc) is 2.57. The second-order valence-corrected chi connectivity index (χ2v) is 5.69. The molecular weight excluding hydrogens is 320 g/mol. The fraction of sp³-hybridized carbons (Fsp3) is 0.278. The minimum atomic E-state index is -1.79. The Morgan fingerprint density at radius 1 is 1.44 bits per heavy atom. The summed E-state index contributed by atoms with van der Waals surface area (Å²) in [6, 6.07) is 5.08. The number of primary amides is 1. The van der Waals surface area contributed by atoms with E-state index in [0.29, 0.717) is 22.5 Å². The minimum absolute atomic E-state index is 0.213. The SMILES string of the molecule is COCC#Cc1nc(-c2cc(C(C)(O)C(N)=O)ccc2C)cnc1N. The van der Waals surface area contributed by atoms with Crippen molar-refractivity contribution in [3.63, 3.8) is 0 Å². The lowest BCUT2D eigenvalue weighted by molar-refractivity contribution is -0.135. The van der Waals surface area contributed by atoms with E-state index in [2.05, 4.69) is 21.8 Å². The first-order valence-corrected chi connectivity index (χ1v) is 7.51. The van der Waals surface area contributed by atoms with E-state index in [1.807, 2.05) is 6.92 Å². The van der Waals surface area contributed by atoms with Crippen molar-refractivity contribution in [2.24, 2.45) is 5.73 Å². The summed E-state index contributed by atoms with van der Waals surface area (Å²) in [4.78, 5) is 20.0. The normalized spacial score (nSPS) is 12.8. The highest BCUT2D eigenvalue weighted by atomic mass is 16.5. The molecule has 1 aromatic heterocycles. The van der Waals surface area contributed by atoms with Crippen LogP contribution in [0, 0.1) is 18.8 Å². The van der Waals surface area contributed by atoms with Crippen molar-refractivity contribution in [3.05, 3.63) is 41.2 Å². The van der Waals surface area contributed by atoms with Crippen LogP contribution in [-0.2, 0) is 15.1 Å². The molecule has 0 spiro atoms. The average molecular weight is 340 g/mol. The number of aliphatic hydroxyl groups is 1. The highest BCUT2D eigenvalue weighted by molar-refractivity contribution is 5.85. The number of hydrogen-bond acceptors (Lipinski definition) is 6. The van der Waals surface area contributed by atoms with Gasteiger partial charge in [-0.1, -0.05) is 18.1 Å². The predicted octanol–water partition coefficient (Wildman–Crippen LogP) is 0.725. The zero-order chi connectivity index (χ0) is 18.6. The Morgan fingerprint density at radius 3 is 2.80 bits per heavy atom. The molecule has 0 aliphatic heterocycles. The van der Waals surface area contributed by atoms with Gasteiger partial charge in [-0.25, -0.2) is 9.97 Å². The summed E-state index contributed by atoms with van der Waals surface area (Å²) in [5.41, 5.74) is 12.1. The molecule has 0 radical (unpaired) electrons. The molecule has 25 heavy (non-hydrogen) atoms. The molecule has 0 saturated carbocycles. The zero-order valence-corrected chi connectivity index (χ0v) is 14.3. The van der Waals surface area contributed by atoms with Gasteiger partial charge >= 0.3 is 0 Å². The van der Waals surface area contributed by atoms with Gasteiger partial charge in [-0.2, -0.15) is 0 Å². The van der Waals surface area contributed by atoms with Crippen LogP contribution in [-0.4, -0.2) is 34.7 Å². The smallest absolute Gasteiger partial charge is 0.253 e. The molecule has 0 bridgehead atoms. The Hall–Kier alpha value is -2.95. The molecule has 2 aromatic rings. The van der Waals surface area contributed by atoms with Crippen LogP contribution in [0.25, 0.3) is 11.3 Å². The van der Waals surface area contributed by atoms with Gasteiger partial charge in [0.2, 0.25) is 0 Å². The van der Waals surface area contributed by atoms with Gasteiger partial charge in [0.25, 0.3) is 5.91 Å². The summed E-state index contributed by atoms with van der Waals surface area (Å²) in [6.07, 6.45) is 1.52. The summed E-state index contributed by atoms with van der Waals surface area (Å²) in [5.74, 6) is 4.97. The Bertz CT molecular complexity index is 866. The number of methoxy groups -OCH3 is 1. The van der Waals surface area contributed by atoms with Crippen molar-refractivity contribution in [1.82, 2.24) is 9.97 Å². The first-order valence-electron chi connectivity index (χ1n) is 7.51. The largest absolute Gasteiger partial charge is 0.381 e. The molecule has 5 N–H and O–H groups in total. The summed E-state index contributed by atoms with van der Waals surface area (Å²) < 4.78 is 4.88. The van der Waals surface area contributed by atoms with Crippen molar-refractivity contribution in [2.45, 2.75) is 19.4 Å². The molecule has 7 nitrogen and oxygen atoms in total. The summed E-state index contributed by atoms with van der Waals surface area (Å²) in [5, 5.41) is 10.3. The van der Waals surface area contributed by atoms with Gasteiger partial charge in [-0.3, -0.25) is 4.79 Å². The topological polar surface area (TPSA) is 124 Å². The van der Waals surface area contributed by atoms with Crippen LogP contribution in [0.4, 0.5) is 5.82 Å². The highest BCUT2D eigenvalue weighted by Gasteiger charge is 2.30. The van der Waals surface area contributed by atoms with Gasteiger partial charge in [-0.15, -0.1) is 0 Å². The molecule has 0 aliphatic rings. The third-order valence-corrected chi connectivity index (χ3v) is 3.78. The van der Waals surface area contributed by atoms with Crippen LogP contribution in [0.3, 0.4) is 0 Å². The molecule has 1 amide bonds. The van der Waals surface area contributed by atoms with E-state index < -0.39 is 11.5 Å². The Balaban J connectivity index is 2.54. The molecule has 1 atom stereocenters. The van der Waals surface area contributed by atoms with Crippen molar-refractivity contribution in [1.29, 1.82) is 0 Å². The summed E-state index contributed by atoms with van der Waals surface area (Å²) >= 11 is 0. The van der Waals surface area contributed by atoms with Crippen molar-refractivity contribution < 1.29 is 14.6 Å². The van der Waals surface area contributed by atoms with Crippen LogP contribution in [0.15, 0.2) is 24.4 Å². The molecule has 1 unspecified atom stereocenters. The van der Waals surface area contributed by atoms with Gasteiger partial charge in [0, 0.05) is 12.7 Å². The maximum atomic E-state index is 11.5. The minimum Gasteiger partial charge on any atom is -0.381 e. The molecule has 2 rings (SSSR count). The number of ether oxygens (including phenoxy) is 1. The molecule has 0 saturated heterocycles. The van der Waals surface area contributed by atoms with Crippen molar-refractivity contribution >= 4 is 11.7 Å². The molecule has 0 fully saturated rings. The van der Waals surface area contributed by atoms with E-state index in [1.165, 1.54) is 13.1 Å². The number of carbonyl (C=O) groups is 1. The lowest BCUT2D eigenvalue weighted by Gasteiger charge is -2.21. The number of nitrogens with two attached hydrogens (primary N) is 2. The quantitative estimate of drug-likeness (QED) is 0.705. The van der Waals surface area contributed by atoms with Crippen molar-refractivity contribution in [2.75, 3.05) is 19.5 Å². The zero-order valence-electron chi connectivity index (χ0n) is 14.3. The number of anilines is 1. The number of hydrogen-bond donors (Lipinski definition) is 3. The van der Waals surface area contributed by atoms with E-state index in [4.69, 9.17) is 16.2 Å². The predicted molar refractivity (Wildman–Crippen MR) is 94.1 cm³/mol. The Morgan fingerprint density at radius 2 is 2.16 bits per heavy atom. The summed E-state index contributed by atoms with van der Waals surface area (Å²) in [7, 11) is 1.54. The maximum absolute atomic E-state index is 11.5. The van der Waals surface area contributed by atoms with Crippen LogP contribution < -0.4 is 11.5 Å². The van der Waals surface area contributed by atoms with E-state index in [1.54, 1.807) is 25.3 Å². The lowest BCUT2D eigenvalue weighted by Crippen LogP contribution is -2.38. The number of carbonyl (C=O) groups excluding carboxylic acids is 1. The van der Waals surface area contributed by atoms with Gasteiger partial charge in [-0.05, 0) is 37.0 Å². The van der Waals surface area contributed by atoms with E-state index in [0.717, 1.165) is 5.56 Å². The number of amides is 1. The number of nitrogen functional groups attached to an aromatic ring is 1. The number of aryl methyl sites for hydroxylation is 1. The second-order valence-electron chi connectivity index (χ2n) is 5.69. The van der Waals surface area contributed by atoms with Crippen LogP contribution in [0.1, 0.15) is 23.7 Å². The molecule has 7 heteroatoms. The number of benzene rings is 1. The second kappa shape index (κ2) is 7.30. The Kier molecular flexibility index (Phi) is 5.37. The molecule has 0 aliphatic carbocycles. The van der Waals surface area contributed by atoms with Gasteiger partial charge < -0.3 is 21.3 Å². The lowest BCUT2D eigenvalue weighted by atomic mass is 9.91. The standard InChI is InChI=1S/C18H20N4O3/c1-11-6-7-12(18(2,24)17(20)23)9-13(11)15-10-21-16(19)14(22-15)5-4-8-25-3/h6-7,9-10,24H,8H2,1-3H3,(H2,19,21)(H2,20,23). The first kappa shape index (κ1) is 18.4. The molecule has 1 heterocycles. The van der Waals surface area contributed by atoms with E-state index >= 15 is 0 Å². The number of nitrogens with zero attached hydrogens (tertiary/aromatic N) is 2. The monoisotopic (exact) mass is 340 g/mol. The highest BCUT2D eigenvalue weighted by Crippen LogP contribution is 2.28.